The van der Waals surface area contributed by atoms with E-state index in [2.05, 4.69) is 203 Å². The lowest BCUT2D eigenvalue weighted by atomic mass is 9.85. The van der Waals surface area contributed by atoms with Gasteiger partial charge in [-0.3, -0.25) is 0 Å². The van der Waals surface area contributed by atoms with Crippen LogP contribution in [0.5, 0.6) is 0 Å². The van der Waals surface area contributed by atoms with Crippen LogP contribution in [0, 0.1) is 0 Å². The number of allylic oxidation sites excluding steroid dienone is 8. The normalized spacial score (nSPS) is 21.9. The molecule has 1 unspecified atom stereocenters. The average Bonchev–Trinajstić information content (AvgIpc) is 3.86. The second-order valence-corrected chi connectivity index (χ2v) is 17.5. The van der Waals surface area contributed by atoms with Crippen LogP contribution in [0.2, 0.25) is 0 Å². The molecule has 0 saturated carbocycles. The zero-order chi connectivity index (χ0) is 40.7. The molecule has 1 aromatic heterocycles. The van der Waals surface area contributed by atoms with E-state index in [1.165, 1.54) is 94.0 Å². The molecule has 62 heavy (non-hydrogen) atoms. The Hall–Kier alpha value is -7.17. The molecule has 13 rings (SSSR count). The predicted molar refractivity (Wildman–Crippen MR) is 260 cm³/mol. The number of aliphatic imine (C=N–C) groups is 1. The second-order valence-electron chi connectivity index (χ2n) is 17.5. The summed E-state index contributed by atoms with van der Waals surface area (Å²) >= 11 is 0. The van der Waals surface area contributed by atoms with E-state index in [1.807, 2.05) is 0 Å². The van der Waals surface area contributed by atoms with E-state index < -0.39 is 0 Å². The van der Waals surface area contributed by atoms with E-state index in [0.29, 0.717) is 18.0 Å². The van der Waals surface area contributed by atoms with Gasteiger partial charge in [0, 0.05) is 39.3 Å². The van der Waals surface area contributed by atoms with Crippen LogP contribution in [0.3, 0.4) is 0 Å². The first-order chi connectivity index (χ1) is 30.8. The predicted octanol–water partition coefficient (Wildman–Crippen LogP) is 13.8. The highest BCUT2D eigenvalue weighted by Gasteiger charge is 2.41. The Kier molecular flexibility index (Phi) is 8.15. The molecule has 6 aliphatic rings. The van der Waals surface area contributed by atoms with Gasteiger partial charge in [0.05, 0.1) is 23.3 Å². The van der Waals surface area contributed by atoms with Gasteiger partial charge in [-0.05, 0) is 111 Å². The number of nitrogens with zero attached hydrogens (tertiary/aromatic N) is 3. The topological polar surface area (TPSA) is 32.6 Å². The van der Waals surface area contributed by atoms with Crippen molar-refractivity contribution in [2.45, 2.75) is 56.4 Å². The standard InChI is InChI=1S/C58H46N4/c1-3-17-37(18-4-1)56-49-27-11-14-28-52(49)59-58(60-56)62-54-30-16-12-24-45(54)47-32-31-38(35-55(47)62)40-33-34-44(42-22-8-7-21-41(40)42)50-36-51-46-25-13-15-29-53(46)61(39-19-5-2-6-20-39)57(51)48-26-10-9-23-43(48)50/h1-10,13-19,21-23,25-26,28-36,39,46,53,58,60H,11-12,20,24,27H2/t39-,46-,53?,58-/m0/s1. The molecule has 0 saturated heterocycles. The third-order valence-electron chi connectivity index (χ3n) is 14.2. The van der Waals surface area contributed by atoms with Crippen molar-refractivity contribution < 1.29 is 0 Å². The fourth-order valence-electron chi connectivity index (χ4n) is 11.5. The molecule has 7 aromatic rings. The number of aryl methyl sites for hydroxylation is 1. The van der Waals surface area contributed by atoms with Crippen molar-refractivity contribution in [3.8, 4) is 22.3 Å². The summed E-state index contributed by atoms with van der Waals surface area (Å²) in [6, 6.07) is 44.0. The molecule has 6 aromatic carbocycles. The van der Waals surface area contributed by atoms with Crippen LogP contribution >= 0.6 is 0 Å². The molecule has 4 atom stereocenters. The molecule has 2 aliphatic heterocycles. The monoisotopic (exact) mass is 798 g/mol. The van der Waals surface area contributed by atoms with E-state index in [-0.39, 0.29) is 6.29 Å². The third-order valence-corrected chi connectivity index (χ3v) is 14.2. The molecule has 3 heterocycles. The average molecular weight is 799 g/mol. The van der Waals surface area contributed by atoms with Crippen molar-refractivity contribution in [1.29, 1.82) is 0 Å². The van der Waals surface area contributed by atoms with Crippen molar-refractivity contribution >= 4 is 55.6 Å². The first-order valence-corrected chi connectivity index (χ1v) is 22.5. The highest BCUT2D eigenvalue weighted by atomic mass is 15.3. The van der Waals surface area contributed by atoms with Gasteiger partial charge in [0.1, 0.15) is 0 Å². The first-order valence-electron chi connectivity index (χ1n) is 22.5. The maximum absolute atomic E-state index is 5.46. The minimum absolute atomic E-state index is 0.279. The number of hydrogen-bond donors (Lipinski definition) is 1. The first kappa shape index (κ1) is 35.6. The fraction of sp³-hybridized carbons (Fsp3) is 0.155. The zero-order valence-electron chi connectivity index (χ0n) is 34.6. The number of benzene rings is 6. The van der Waals surface area contributed by atoms with Crippen LogP contribution in [-0.2, 0) is 6.42 Å². The van der Waals surface area contributed by atoms with Crippen molar-refractivity contribution in [3.05, 3.63) is 210 Å². The van der Waals surface area contributed by atoms with Gasteiger partial charge in [0.2, 0.25) is 6.29 Å². The van der Waals surface area contributed by atoms with Crippen LogP contribution in [0.4, 0.5) is 5.69 Å². The van der Waals surface area contributed by atoms with Crippen molar-refractivity contribution in [2.75, 3.05) is 4.90 Å². The van der Waals surface area contributed by atoms with Gasteiger partial charge in [-0.25, -0.2) is 4.99 Å². The molecule has 4 heteroatoms. The van der Waals surface area contributed by atoms with Crippen LogP contribution in [0.1, 0.15) is 60.3 Å². The van der Waals surface area contributed by atoms with E-state index in [4.69, 9.17) is 4.99 Å². The van der Waals surface area contributed by atoms with Crippen LogP contribution in [0.15, 0.2) is 193 Å². The largest absolute Gasteiger partial charge is 0.357 e. The lowest BCUT2D eigenvalue weighted by molar-refractivity contribution is 0.488. The van der Waals surface area contributed by atoms with E-state index >= 15 is 0 Å². The summed E-state index contributed by atoms with van der Waals surface area (Å²) in [7, 11) is 0. The second kappa shape index (κ2) is 14.2. The summed E-state index contributed by atoms with van der Waals surface area (Å²) in [4.78, 5) is 8.16. The molecule has 0 bridgehead atoms. The van der Waals surface area contributed by atoms with E-state index in [1.54, 1.807) is 0 Å². The Morgan fingerprint density at radius 2 is 1.32 bits per heavy atom. The van der Waals surface area contributed by atoms with Gasteiger partial charge < -0.3 is 14.8 Å². The van der Waals surface area contributed by atoms with Crippen molar-refractivity contribution in [3.63, 3.8) is 0 Å². The van der Waals surface area contributed by atoms with Crippen LogP contribution in [-0.4, -0.2) is 22.4 Å². The molecule has 1 N–H and O–H groups in total. The Morgan fingerprint density at radius 1 is 0.581 bits per heavy atom. The smallest absolute Gasteiger partial charge is 0.201 e. The van der Waals surface area contributed by atoms with Crippen LogP contribution < -0.4 is 10.2 Å². The maximum atomic E-state index is 5.46. The van der Waals surface area contributed by atoms with Gasteiger partial charge >= 0.3 is 0 Å². The highest BCUT2D eigenvalue weighted by molar-refractivity contribution is 6.15. The number of anilines is 1. The van der Waals surface area contributed by atoms with Gasteiger partial charge in [0.15, 0.2) is 0 Å². The van der Waals surface area contributed by atoms with Gasteiger partial charge in [-0.1, -0.05) is 164 Å². The quantitative estimate of drug-likeness (QED) is 0.188. The molecule has 0 fully saturated rings. The van der Waals surface area contributed by atoms with E-state index in [0.717, 1.165) is 37.8 Å². The molecular weight excluding hydrogens is 753 g/mol. The van der Waals surface area contributed by atoms with Crippen LogP contribution in [0.25, 0.3) is 66.5 Å². The minimum atomic E-state index is -0.279. The Balaban J connectivity index is 0.968. The summed E-state index contributed by atoms with van der Waals surface area (Å²) in [5.74, 6) is 0.301. The minimum Gasteiger partial charge on any atom is -0.357 e. The summed E-state index contributed by atoms with van der Waals surface area (Å²) < 4.78 is 2.47. The summed E-state index contributed by atoms with van der Waals surface area (Å²) in [5, 5.41) is 10.4. The van der Waals surface area contributed by atoms with Crippen molar-refractivity contribution in [1.82, 2.24) is 9.88 Å². The molecule has 0 spiro atoms. The Labute approximate surface area is 362 Å². The molecule has 4 nitrogen and oxygen atoms in total. The summed E-state index contributed by atoms with van der Waals surface area (Å²) in [5.41, 5.74) is 16.5. The lowest BCUT2D eigenvalue weighted by Gasteiger charge is -2.35. The summed E-state index contributed by atoms with van der Waals surface area (Å²) in [6.45, 7) is 0. The number of aromatic nitrogens is 1. The molecular formula is C58H46N4. The van der Waals surface area contributed by atoms with Crippen molar-refractivity contribution in [2.24, 2.45) is 4.99 Å². The SMILES string of the molecule is C1=CC[C@@H](N2c3c(cc(-c4ccc(-c5ccc6c7c(n([C@H]8N=C9C=CCCC9=C(c9ccccc9)N8)c6c5)C=CCC7)c5ccccc45)c4ccccc34)[C@@H]3C=CC=CC32)C=C1. The maximum Gasteiger partial charge on any atom is 0.201 e. The summed E-state index contributed by atoms with van der Waals surface area (Å²) in [6.07, 6.45) is 32.4. The molecule has 4 aliphatic carbocycles. The zero-order valence-corrected chi connectivity index (χ0v) is 34.6. The number of hydrogen-bond acceptors (Lipinski definition) is 3. The van der Waals surface area contributed by atoms with E-state index in [9.17, 15) is 0 Å². The number of rotatable bonds is 5. The number of nitrogens with one attached hydrogen (secondary N) is 1. The lowest BCUT2D eigenvalue weighted by Crippen LogP contribution is -2.40. The molecule has 0 radical (unpaired) electrons. The number of fused-ring (bicyclic) bond motifs is 10. The van der Waals surface area contributed by atoms with Gasteiger partial charge in [-0.15, -0.1) is 0 Å². The third kappa shape index (κ3) is 5.42. The molecule has 0 amide bonds. The highest BCUT2D eigenvalue weighted by Crippen LogP contribution is 2.52. The van der Waals surface area contributed by atoms with Gasteiger partial charge in [-0.2, -0.15) is 0 Å². The van der Waals surface area contributed by atoms with Gasteiger partial charge in [0.25, 0.3) is 0 Å². The molecule has 298 valence electrons. The Bertz CT molecular complexity index is 3270. The Morgan fingerprint density at radius 3 is 2.18 bits per heavy atom. The fourth-order valence-corrected chi connectivity index (χ4v) is 11.5.